The van der Waals surface area contributed by atoms with Crippen molar-refractivity contribution in [2.75, 3.05) is 5.73 Å². The number of nitrogens with zero attached hydrogens (tertiary/aromatic N) is 3. The van der Waals surface area contributed by atoms with E-state index in [-0.39, 0.29) is 5.28 Å². The molecule has 4 rings (SSSR count). The van der Waals surface area contributed by atoms with E-state index in [4.69, 9.17) is 17.3 Å². The average Bonchev–Trinajstić information content (AvgIpc) is 2.62. The van der Waals surface area contributed by atoms with Gasteiger partial charge in [0, 0.05) is 5.56 Å². The van der Waals surface area contributed by atoms with Crippen LogP contribution in [0.3, 0.4) is 0 Å². The summed E-state index contributed by atoms with van der Waals surface area (Å²) in [5.74, 6) is 0.330. The highest BCUT2D eigenvalue weighted by atomic mass is 35.5. The fourth-order valence-electron chi connectivity index (χ4n) is 2.73. The second kappa shape index (κ2) is 5.91. The van der Waals surface area contributed by atoms with Crippen LogP contribution in [-0.2, 0) is 0 Å². The van der Waals surface area contributed by atoms with Crippen LogP contribution in [0, 0.1) is 0 Å². The van der Waals surface area contributed by atoms with Crippen molar-refractivity contribution in [2.45, 2.75) is 0 Å². The first-order valence-corrected chi connectivity index (χ1v) is 7.85. The normalized spacial score (nSPS) is 10.9. The van der Waals surface area contributed by atoms with Gasteiger partial charge in [-0.25, -0.2) is 9.97 Å². The first-order chi connectivity index (χ1) is 11.7. The number of fused-ring (bicyclic) bond motifs is 1. The number of anilines is 1. The second-order valence-corrected chi connectivity index (χ2v) is 5.70. The average molecular weight is 333 g/mol. The summed E-state index contributed by atoms with van der Waals surface area (Å²) >= 11 is 5.98. The maximum absolute atomic E-state index is 6.11. The van der Waals surface area contributed by atoms with Gasteiger partial charge < -0.3 is 5.73 Å². The summed E-state index contributed by atoms with van der Waals surface area (Å²) in [4.78, 5) is 13.0. The maximum Gasteiger partial charge on any atom is 0.226 e. The number of benzene rings is 2. The third-order valence-electron chi connectivity index (χ3n) is 3.82. The van der Waals surface area contributed by atoms with Crippen LogP contribution in [0.5, 0.6) is 0 Å². The second-order valence-electron chi connectivity index (χ2n) is 5.36. The van der Waals surface area contributed by atoms with Crippen LogP contribution in [0.1, 0.15) is 0 Å². The van der Waals surface area contributed by atoms with Crippen LogP contribution in [0.4, 0.5) is 5.82 Å². The summed E-state index contributed by atoms with van der Waals surface area (Å²) in [5.41, 5.74) is 10.4. The Bertz CT molecular complexity index is 1020. The van der Waals surface area contributed by atoms with Crippen molar-refractivity contribution in [1.82, 2.24) is 15.0 Å². The molecule has 2 aromatic heterocycles. The van der Waals surface area contributed by atoms with E-state index in [1.807, 2.05) is 66.7 Å². The number of rotatable bonds is 2. The number of hydrogen-bond donors (Lipinski definition) is 1. The topological polar surface area (TPSA) is 64.7 Å². The lowest BCUT2D eigenvalue weighted by Crippen LogP contribution is -2.00. The molecular weight excluding hydrogens is 320 g/mol. The van der Waals surface area contributed by atoms with Gasteiger partial charge in [0.25, 0.3) is 0 Å². The summed E-state index contributed by atoms with van der Waals surface area (Å²) in [6.45, 7) is 0. The van der Waals surface area contributed by atoms with Gasteiger partial charge in [-0.05, 0) is 28.8 Å². The zero-order chi connectivity index (χ0) is 16.5. The fraction of sp³-hybridized carbons (Fsp3) is 0. The minimum atomic E-state index is 0.0942. The van der Waals surface area contributed by atoms with E-state index < -0.39 is 0 Å². The maximum atomic E-state index is 6.11. The monoisotopic (exact) mass is 332 g/mol. The number of aromatic nitrogens is 3. The molecule has 0 atom stereocenters. The minimum Gasteiger partial charge on any atom is -0.383 e. The Morgan fingerprint density at radius 1 is 0.750 bits per heavy atom. The van der Waals surface area contributed by atoms with E-state index in [0.29, 0.717) is 16.9 Å². The number of halogens is 1. The number of pyridine rings is 1. The van der Waals surface area contributed by atoms with Crippen molar-refractivity contribution in [3.8, 4) is 22.4 Å². The molecule has 0 spiro atoms. The first kappa shape index (κ1) is 14.6. The molecule has 0 radical (unpaired) electrons. The third kappa shape index (κ3) is 2.57. The van der Waals surface area contributed by atoms with Gasteiger partial charge in [-0.2, -0.15) is 4.98 Å². The number of hydrogen-bond acceptors (Lipinski definition) is 4. The Kier molecular flexibility index (Phi) is 3.59. The molecule has 0 saturated carbocycles. The predicted octanol–water partition coefficient (Wildman–Crippen LogP) is 4.59. The van der Waals surface area contributed by atoms with Crippen LogP contribution < -0.4 is 5.73 Å². The van der Waals surface area contributed by atoms with Gasteiger partial charge >= 0.3 is 0 Å². The van der Waals surface area contributed by atoms with E-state index in [9.17, 15) is 0 Å². The molecule has 0 aliphatic carbocycles. The largest absolute Gasteiger partial charge is 0.383 e. The summed E-state index contributed by atoms with van der Waals surface area (Å²) in [6, 6.07) is 21.9. The fourth-order valence-corrected chi connectivity index (χ4v) is 2.91. The highest BCUT2D eigenvalue weighted by Crippen LogP contribution is 2.34. The molecular formula is C19H13ClN4. The van der Waals surface area contributed by atoms with Gasteiger partial charge in [0.15, 0.2) is 5.65 Å². The lowest BCUT2D eigenvalue weighted by molar-refractivity contribution is 1.19. The molecule has 2 N–H and O–H groups in total. The van der Waals surface area contributed by atoms with Gasteiger partial charge in [-0.1, -0.05) is 60.7 Å². The smallest absolute Gasteiger partial charge is 0.226 e. The molecule has 2 aromatic carbocycles. The standard InChI is InChI=1S/C19H13ClN4/c20-19-23-17(21)16-14(12-7-3-1-4-8-12)11-15(22-18(16)24-19)13-9-5-2-6-10-13/h1-11H,(H2,21,22,23,24). The lowest BCUT2D eigenvalue weighted by atomic mass is 10.00. The molecule has 0 fully saturated rings. The molecule has 0 saturated heterocycles. The van der Waals surface area contributed by atoms with Gasteiger partial charge in [-0.3, -0.25) is 0 Å². The van der Waals surface area contributed by atoms with Crippen molar-refractivity contribution < 1.29 is 0 Å². The van der Waals surface area contributed by atoms with Crippen LogP contribution in [0.2, 0.25) is 5.28 Å². The molecule has 2 heterocycles. The van der Waals surface area contributed by atoms with Crippen LogP contribution in [0.25, 0.3) is 33.4 Å². The lowest BCUT2D eigenvalue weighted by Gasteiger charge is -2.11. The van der Waals surface area contributed by atoms with Crippen LogP contribution in [0.15, 0.2) is 66.7 Å². The quantitative estimate of drug-likeness (QED) is 0.545. The van der Waals surface area contributed by atoms with Gasteiger partial charge in [0.1, 0.15) is 5.82 Å². The molecule has 0 amide bonds. The first-order valence-electron chi connectivity index (χ1n) is 7.47. The highest BCUT2D eigenvalue weighted by molar-refractivity contribution is 6.29. The Balaban J connectivity index is 2.08. The molecule has 0 aliphatic rings. The molecule has 0 unspecified atom stereocenters. The van der Waals surface area contributed by atoms with Gasteiger partial charge in [0.05, 0.1) is 11.1 Å². The Labute approximate surface area is 144 Å². The number of nitrogens with two attached hydrogens (primary N) is 1. The predicted molar refractivity (Wildman–Crippen MR) is 97.6 cm³/mol. The van der Waals surface area contributed by atoms with Gasteiger partial charge in [-0.15, -0.1) is 0 Å². The van der Waals surface area contributed by atoms with Crippen LogP contribution >= 0.6 is 11.6 Å². The SMILES string of the molecule is Nc1nc(Cl)nc2nc(-c3ccccc3)cc(-c3ccccc3)c12. The van der Waals surface area contributed by atoms with E-state index >= 15 is 0 Å². The summed E-state index contributed by atoms with van der Waals surface area (Å²) in [5, 5.41) is 0.807. The van der Waals surface area contributed by atoms with E-state index in [1.54, 1.807) is 0 Å². The zero-order valence-corrected chi connectivity index (χ0v) is 13.4. The summed E-state index contributed by atoms with van der Waals surface area (Å²) in [6.07, 6.45) is 0. The van der Waals surface area contributed by atoms with E-state index in [0.717, 1.165) is 22.4 Å². The molecule has 24 heavy (non-hydrogen) atoms. The van der Waals surface area contributed by atoms with Gasteiger partial charge in [0.2, 0.25) is 5.28 Å². The van der Waals surface area contributed by atoms with Crippen molar-refractivity contribution in [3.63, 3.8) is 0 Å². The van der Waals surface area contributed by atoms with Crippen molar-refractivity contribution in [2.24, 2.45) is 0 Å². The zero-order valence-electron chi connectivity index (χ0n) is 12.6. The molecule has 5 heteroatoms. The van der Waals surface area contributed by atoms with E-state index in [2.05, 4.69) is 15.0 Å². The highest BCUT2D eigenvalue weighted by Gasteiger charge is 2.14. The molecule has 4 aromatic rings. The van der Waals surface area contributed by atoms with E-state index in [1.165, 1.54) is 0 Å². The Hall–Kier alpha value is -2.98. The molecule has 4 nitrogen and oxygen atoms in total. The summed E-state index contributed by atoms with van der Waals surface area (Å²) < 4.78 is 0. The third-order valence-corrected chi connectivity index (χ3v) is 3.99. The Morgan fingerprint density at radius 3 is 2.04 bits per heavy atom. The number of nitrogen functional groups attached to an aromatic ring is 1. The Morgan fingerprint density at radius 2 is 1.38 bits per heavy atom. The molecule has 0 aliphatic heterocycles. The van der Waals surface area contributed by atoms with Crippen molar-refractivity contribution in [1.29, 1.82) is 0 Å². The summed E-state index contributed by atoms with van der Waals surface area (Å²) in [7, 11) is 0. The minimum absolute atomic E-state index is 0.0942. The molecule has 116 valence electrons. The molecule has 0 bridgehead atoms. The van der Waals surface area contributed by atoms with Crippen molar-refractivity contribution >= 4 is 28.5 Å². The van der Waals surface area contributed by atoms with Crippen LogP contribution in [-0.4, -0.2) is 15.0 Å². The van der Waals surface area contributed by atoms with Crippen molar-refractivity contribution in [3.05, 3.63) is 72.0 Å².